The van der Waals surface area contributed by atoms with Crippen LogP contribution in [0.4, 0.5) is 11.5 Å². The summed E-state index contributed by atoms with van der Waals surface area (Å²) in [5.74, 6) is 0.413. The molecule has 1 aliphatic rings. The lowest BCUT2D eigenvalue weighted by molar-refractivity contribution is 0.0935. The lowest BCUT2D eigenvalue weighted by Crippen LogP contribution is -2.36. The number of nitriles is 1. The van der Waals surface area contributed by atoms with Gasteiger partial charge in [0.1, 0.15) is 17.3 Å². The molecule has 1 atom stereocenters. The Kier molecular flexibility index (Phi) is 4.86. The number of sulfone groups is 1. The Labute approximate surface area is 151 Å². The van der Waals surface area contributed by atoms with E-state index >= 15 is 0 Å². The Morgan fingerprint density at radius 2 is 2.12 bits per heavy atom. The van der Waals surface area contributed by atoms with Gasteiger partial charge in [0.2, 0.25) is 0 Å². The largest absolute Gasteiger partial charge is 0.347 e. The SMILES string of the molecule is Cc1nc(Nc2cccc(C#N)c2)cc(C(=O)NC2CCS(=O)(=O)C2)n1. The fourth-order valence-corrected chi connectivity index (χ4v) is 4.40. The molecule has 3 rings (SSSR count). The lowest BCUT2D eigenvalue weighted by atomic mass is 10.2. The smallest absolute Gasteiger partial charge is 0.270 e. The van der Waals surface area contributed by atoms with Gasteiger partial charge in [0.25, 0.3) is 5.91 Å². The van der Waals surface area contributed by atoms with E-state index in [9.17, 15) is 13.2 Å². The maximum Gasteiger partial charge on any atom is 0.270 e. The Bertz CT molecular complexity index is 998. The summed E-state index contributed by atoms with van der Waals surface area (Å²) in [7, 11) is -3.07. The summed E-state index contributed by atoms with van der Waals surface area (Å²) < 4.78 is 23.0. The highest BCUT2D eigenvalue weighted by molar-refractivity contribution is 7.91. The minimum Gasteiger partial charge on any atom is -0.347 e. The average molecular weight is 371 g/mol. The van der Waals surface area contributed by atoms with E-state index in [2.05, 4.69) is 26.7 Å². The number of amides is 1. The zero-order valence-electron chi connectivity index (χ0n) is 14.1. The highest BCUT2D eigenvalue weighted by Crippen LogP contribution is 2.17. The molecular formula is C17H17N5O3S. The molecule has 0 spiro atoms. The number of aromatic nitrogens is 2. The average Bonchev–Trinajstić information content (AvgIpc) is 2.93. The molecule has 0 radical (unpaired) electrons. The third-order valence-corrected chi connectivity index (χ3v) is 5.67. The molecule has 2 heterocycles. The van der Waals surface area contributed by atoms with Crippen molar-refractivity contribution in [3.63, 3.8) is 0 Å². The van der Waals surface area contributed by atoms with Crippen LogP contribution in [0.5, 0.6) is 0 Å². The van der Waals surface area contributed by atoms with Gasteiger partial charge in [0.05, 0.1) is 23.1 Å². The molecule has 26 heavy (non-hydrogen) atoms. The molecule has 0 saturated carbocycles. The van der Waals surface area contributed by atoms with Crippen LogP contribution < -0.4 is 10.6 Å². The minimum absolute atomic E-state index is 0.0468. The topological polar surface area (TPSA) is 125 Å². The van der Waals surface area contributed by atoms with Gasteiger partial charge in [-0.15, -0.1) is 0 Å². The third kappa shape index (κ3) is 4.34. The summed E-state index contributed by atoms with van der Waals surface area (Å²) >= 11 is 0. The van der Waals surface area contributed by atoms with E-state index in [1.54, 1.807) is 31.2 Å². The molecule has 1 saturated heterocycles. The highest BCUT2D eigenvalue weighted by Gasteiger charge is 2.29. The summed E-state index contributed by atoms with van der Waals surface area (Å²) in [6, 6.07) is 10.0. The summed E-state index contributed by atoms with van der Waals surface area (Å²) in [6.07, 6.45) is 0.407. The zero-order valence-corrected chi connectivity index (χ0v) is 14.9. The van der Waals surface area contributed by atoms with E-state index in [-0.39, 0.29) is 17.2 Å². The van der Waals surface area contributed by atoms with Crippen LogP contribution in [-0.2, 0) is 9.84 Å². The first kappa shape index (κ1) is 17.8. The number of rotatable bonds is 4. The number of benzene rings is 1. The van der Waals surface area contributed by atoms with Gasteiger partial charge in [-0.2, -0.15) is 5.26 Å². The van der Waals surface area contributed by atoms with Crippen molar-refractivity contribution in [1.82, 2.24) is 15.3 Å². The van der Waals surface area contributed by atoms with Crippen molar-refractivity contribution in [2.75, 3.05) is 16.8 Å². The molecule has 1 aromatic heterocycles. The molecule has 1 unspecified atom stereocenters. The van der Waals surface area contributed by atoms with Crippen LogP contribution in [-0.4, -0.2) is 41.8 Å². The van der Waals surface area contributed by atoms with Crippen molar-refractivity contribution in [1.29, 1.82) is 5.26 Å². The number of nitrogens with zero attached hydrogens (tertiary/aromatic N) is 3. The Morgan fingerprint density at radius 1 is 1.31 bits per heavy atom. The van der Waals surface area contributed by atoms with Gasteiger partial charge in [-0.3, -0.25) is 4.79 Å². The van der Waals surface area contributed by atoms with E-state index in [4.69, 9.17) is 5.26 Å². The second-order valence-corrected chi connectivity index (χ2v) is 8.31. The van der Waals surface area contributed by atoms with Gasteiger partial charge in [-0.1, -0.05) is 6.07 Å². The van der Waals surface area contributed by atoms with Gasteiger partial charge in [-0.25, -0.2) is 18.4 Å². The van der Waals surface area contributed by atoms with Crippen LogP contribution in [0.25, 0.3) is 0 Å². The predicted octanol–water partition coefficient (Wildman–Crippen LogP) is 1.32. The summed E-state index contributed by atoms with van der Waals surface area (Å²) in [6.45, 7) is 1.66. The number of hydrogen-bond donors (Lipinski definition) is 2. The maximum absolute atomic E-state index is 12.4. The Balaban J connectivity index is 1.77. The number of carbonyl (C=O) groups is 1. The minimum atomic E-state index is -3.07. The molecule has 134 valence electrons. The number of carbonyl (C=O) groups excluding carboxylic acids is 1. The standard InChI is InChI=1S/C17H17N5O3S/c1-11-19-15(17(23)22-14-5-6-26(24,25)10-14)8-16(20-11)21-13-4-2-3-12(7-13)9-18/h2-4,7-8,14H,5-6,10H2,1H3,(H,22,23)(H,19,20,21). The van der Waals surface area contributed by atoms with Gasteiger partial charge in [0.15, 0.2) is 9.84 Å². The van der Waals surface area contributed by atoms with Gasteiger partial charge < -0.3 is 10.6 Å². The van der Waals surface area contributed by atoms with E-state index in [0.29, 0.717) is 29.3 Å². The van der Waals surface area contributed by atoms with Crippen LogP contribution >= 0.6 is 0 Å². The fraction of sp³-hybridized carbons (Fsp3) is 0.294. The second kappa shape index (κ2) is 7.09. The molecular weight excluding hydrogens is 354 g/mol. The van der Waals surface area contributed by atoms with Crippen molar-refractivity contribution in [2.24, 2.45) is 0 Å². The molecule has 1 amide bonds. The highest BCUT2D eigenvalue weighted by atomic mass is 32.2. The molecule has 1 aliphatic heterocycles. The van der Waals surface area contributed by atoms with Gasteiger partial charge >= 0.3 is 0 Å². The van der Waals surface area contributed by atoms with Crippen LogP contribution in [0.1, 0.15) is 28.3 Å². The second-order valence-electron chi connectivity index (χ2n) is 6.08. The number of anilines is 2. The molecule has 2 aromatic rings. The van der Waals surface area contributed by atoms with Crippen LogP contribution in [0.3, 0.4) is 0 Å². The molecule has 0 aliphatic carbocycles. The molecule has 2 N–H and O–H groups in total. The van der Waals surface area contributed by atoms with Crippen molar-refractivity contribution in [3.05, 3.63) is 47.4 Å². The number of hydrogen-bond acceptors (Lipinski definition) is 7. The van der Waals surface area contributed by atoms with Gasteiger partial charge in [0, 0.05) is 17.8 Å². The van der Waals surface area contributed by atoms with Crippen LogP contribution in [0, 0.1) is 18.3 Å². The van der Waals surface area contributed by atoms with Crippen molar-refractivity contribution in [3.8, 4) is 6.07 Å². The molecule has 1 fully saturated rings. The fourth-order valence-electron chi connectivity index (χ4n) is 2.73. The van der Waals surface area contributed by atoms with E-state index in [0.717, 1.165) is 0 Å². The third-order valence-electron chi connectivity index (χ3n) is 3.90. The Morgan fingerprint density at radius 3 is 2.81 bits per heavy atom. The number of nitrogens with one attached hydrogen (secondary N) is 2. The first-order chi connectivity index (χ1) is 12.3. The van der Waals surface area contributed by atoms with E-state index < -0.39 is 21.8 Å². The normalized spacial score (nSPS) is 18.1. The summed E-state index contributed by atoms with van der Waals surface area (Å²) in [5.41, 5.74) is 1.32. The maximum atomic E-state index is 12.4. The molecule has 9 heteroatoms. The predicted molar refractivity (Wildman–Crippen MR) is 95.7 cm³/mol. The zero-order chi connectivity index (χ0) is 18.7. The lowest BCUT2D eigenvalue weighted by Gasteiger charge is -2.12. The molecule has 1 aromatic carbocycles. The summed E-state index contributed by atoms with van der Waals surface area (Å²) in [4.78, 5) is 20.8. The first-order valence-corrected chi connectivity index (χ1v) is 9.81. The van der Waals surface area contributed by atoms with Crippen molar-refractivity contribution in [2.45, 2.75) is 19.4 Å². The van der Waals surface area contributed by atoms with E-state index in [1.165, 1.54) is 6.07 Å². The van der Waals surface area contributed by atoms with Crippen molar-refractivity contribution >= 4 is 27.2 Å². The van der Waals surface area contributed by atoms with Crippen LogP contribution in [0.15, 0.2) is 30.3 Å². The quantitative estimate of drug-likeness (QED) is 0.830. The van der Waals surface area contributed by atoms with Gasteiger partial charge in [-0.05, 0) is 31.5 Å². The first-order valence-electron chi connectivity index (χ1n) is 7.99. The van der Waals surface area contributed by atoms with E-state index in [1.807, 2.05) is 0 Å². The number of aryl methyl sites for hydroxylation is 1. The Hall–Kier alpha value is -2.99. The summed E-state index contributed by atoms with van der Waals surface area (Å²) in [5, 5.41) is 14.7. The molecule has 8 nitrogen and oxygen atoms in total. The van der Waals surface area contributed by atoms with Crippen molar-refractivity contribution < 1.29 is 13.2 Å². The molecule has 0 bridgehead atoms. The van der Waals surface area contributed by atoms with Crippen LogP contribution in [0.2, 0.25) is 0 Å². The monoisotopic (exact) mass is 371 g/mol.